The number of aromatic nitrogens is 2. The predicted molar refractivity (Wildman–Crippen MR) is 79.6 cm³/mol. The molecule has 1 aromatic heterocycles. The average molecular weight is 316 g/mol. The summed E-state index contributed by atoms with van der Waals surface area (Å²) in [5.74, 6) is -0.0952. The van der Waals surface area contributed by atoms with Crippen molar-refractivity contribution in [2.45, 2.75) is 20.8 Å². The molecule has 0 aliphatic heterocycles. The van der Waals surface area contributed by atoms with Crippen LogP contribution in [0, 0.1) is 17.0 Å². The average Bonchev–Trinajstić information content (AvgIpc) is 2.38. The Morgan fingerprint density at radius 1 is 1.33 bits per heavy atom. The van der Waals surface area contributed by atoms with Gasteiger partial charge in [-0.25, -0.2) is 4.98 Å². The van der Waals surface area contributed by atoms with E-state index in [4.69, 9.17) is 11.6 Å². The lowest BCUT2D eigenvalue weighted by Gasteiger charge is -2.23. The van der Waals surface area contributed by atoms with E-state index in [1.165, 1.54) is 11.8 Å². The van der Waals surface area contributed by atoms with E-state index in [2.05, 4.69) is 9.97 Å². The van der Waals surface area contributed by atoms with Gasteiger partial charge in [0.25, 0.3) is 0 Å². The number of rotatable bonds is 6. The van der Waals surface area contributed by atoms with Crippen molar-refractivity contribution in [3.8, 4) is 0 Å². The van der Waals surface area contributed by atoms with Crippen LogP contribution in [0.1, 0.15) is 19.5 Å². The number of likely N-dealkylation sites (N-methyl/N-ethyl adjacent to an activating group) is 2. The third-order valence-electron chi connectivity index (χ3n) is 3.05. The number of carbonyl (C=O) groups is 1. The molecule has 0 spiro atoms. The molecule has 0 aromatic carbocycles. The van der Waals surface area contributed by atoms with E-state index in [0.717, 1.165) is 0 Å². The summed E-state index contributed by atoms with van der Waals surface area (Å²) in [6.07, 6.45) is 0. The van der Waals surface area contributed by atoms with Crippen molar-refractivity contribution in [1.29, 1.82) is 0 Å². The summed E-state index contributed by atoms with van der Waals surface area (Å²) < 4.78 is 0. The van der Waals surface area contributed by atoms with Crippen molar-refractivity contribution >= 4 is 29.0 Å². The molecule has 116 valence electrons. The van der Waals surface area contributed by atoms with Crippen LogP contribution in [-0.4, -0.2) is 52.4 Å². The zero-order valence-electron chi connectivity index (χ0n) is 12.5. The Labute approximate surface area is 127 Å². The number of anilines is 1. The zero-order valence-corrected chi connectivity index (χ0v) is 13.2. The van der Waals surface area contributed by atoms with E-state index < -0.39 is 4.92 Å². The summed E-state index contributed by atoms with van der Waals surface area (Å²) in [6.45, 7) is 6.36. The Morgan fingerprint density at radius 3 is 2.38 bits per heavy atom. The lowest BCUT2D eigenvalue weighted by Crippen LogP contribution is -2.39. The van der Waals surface area contributed by atoms with E-state index in [9.17, 15) is 14.9 Å². The molecule has 0 bridgehead atoms. The Kier molecular flexibility index (Phi) is 5.83. The van der Waals surface area contributed by atoms with Crippen molar-refractivity contribution < 1.29 is 9.72 Å². The highest BCUT2D eigenvalue weighted by Gasteiger charge is 2.26. The second-order valence-electron chi connectivity index (χ2n) is 4.43. The highest BCUT2D eigenvalue weighted by Crippen LogP contribution is 2.28. The Bertz CT molecular complexity index is 548. The minimum atomic E-state index is -0.570. The molecule has 1 rings (SSSR count). The minimum Gasteiger partial charge on any atom is -0.344 e. The Hall–Kier alpha value is -1.96. The standard InChI is InChI=1S/C12H18ClN5O3/c1-5-17(6-2)9(19)7-16(4)11-10(18(20)21)8(3)14-12(13)15-11/h5-7H2,1-4H3. The summed E-state index contributed by atoms with van der Waals surface area (Å²) in [6, 6.07) is 0. The van der Waals surface area contributed by atoms with E-state index in [1.54, 1.807) is 11.9 Å². The maximum Gasteiger partial charge on any atom is 0.332 e. The van der Waals surface area contributed by atoms with Crippen LogP contribution in [0.25, 0.3) is 0 Å². The topological polar surface area (TPSA) is 92.5 Å². The van der Waals surface area contributed by atoms with Crippen LogP contribution in [0.4, 0.5) is 11.5 Å². The molecule has 1 amide bonds. The number of amides is 1. The molecule has 9 heteroatoms. The van der Waals surface area contributed by atoms with E-state index in [1.807, 2.05) is 13.8 Å². The maximum absolute atomic E-state index is 12.1. The van der Waals surface area contributed by atoms with Crippen molar-refractivity contribution in [2.75, 3.05) is 31.6 Å². The molecule has 0 saturated heterocycles. The normalized spacial score (nSPS) is 10.3. The SMILES string of the molecule is CCN(CC)C(=O)CN(C)c1nc(Cl)nc(C)c1[N+](=O)[O-]. The van der Waals surface area contributed by atoms with Crippen LogP contribution in [0.15, 0.2) is 0 Å². The molecule has 8 nitrogen and oxygen atoms in total. The number of aryl methyl sites for hydroxylation is 1. The molecule has 0 fully saturated rings. The van der Waals surface area contributed by atoms with Crippen LogP contribution < -0.4 is 4.90 Å². The van der Waals surface area contributed by atoms with Crippen molar-refractivity contribution in [3.63, 3.8) is 0 Å². The number of carbonyl (C=O) groups excluding carboxylic acids is 1. The first-order valence-electron chi connectivity index (χ1n) is 6.49. The van der Waals surface area contributed by atoms with Gasteiger partial charge < -0.3 is 9.80 Å². The molecular weight excluding hydrogens is 298 g/mol. The van der Waals surface area contributed by atoms with Gasteiger partial charge in [0.1, 0.15) is 5.69 Å². The summed E-state index contributed by atoms with van der Waals surface area (Å²) in [5, 5.41) is 11.1. The fourth-order valence-corrected chi connectivity index (χ4v) is 2.16. The van der Waals surface area contributed by atoms with E-state index >= 15 is 0 Å². The van der Waals surface area contributed by atoms with Gasteiger partial charge in [-0.1, -0.05) is 0 Å². The molecule has 21 heavy (non-hydrogen) atoms. The third-order valence-corrected chi connectivity index (χ3v) is 3.21. The molecule has 0 atom stereocenters. The van der Waals surface area contributed by atoms with Crippen LogP contribution in [0.2, 0.25) is 5.28 Å². The maximum atomic E-state index is 12.1. The van der Waals surface area contributed by atoms with Crippen LogP contribution in [-0.2, 0) is 4.79 Å². The van der Waals surface area contributed by atoms with Gasteiger partial charge in [-0.3, -0.25) is 14.9 Å². The molecule has 0 saturated carbocycles. The summed E-state index contributed by atoms with van der Waals surface area (Å²) in [7, 11) is 1.56. The summed E-state index contributed by atoms with van der Waals surface area (Å²) >= 11 is 5.76. The van der Waals surface area contributed by atoms with Gasteiger partial charge in [-0.05, 0) is 32.4 Å². The molecule has 0 unspecified atom stereocenters. The van der Waals surface area contributed by atoms with Gasteiger partial charge in [0, 0.05) is 20.1 Å². The lowest BCUT2D eigenvalue weighted by atomic mass is 10.3. The first-order chi connectivity index (χ1) is 9.81. The predicted octanol–water partition coefficient (Wildman–Crippen LogP) is 1.65. The molecule has 0 radical (unpaired) electrons. The van der Waals surface area contributed by atoms with Crippen LogP contribution in [0.3, 0.4) is 0 Å². The first kappa shape index (κ1) is 17.1. The number of nitro groups is 1. The van der Waals surface area contributed by atoms with Crippen molar-refractivity contribution in [3.05, 3.63) is 21.1 Å². The summed E-state index contributed by atoms with van der Waals surface area (Å²) in [5.41, 5.74) is -0.0774. The second-order valence-corrected chi connectivity index (χ2v) is 4.77. The number of nitrogens with zero attached hydrogens (tertiary/aromatic N) is 5. The van der Waals surface area contributed by atoms with Gasteiger partial charge >= 0.3 is 5.69 Å². The Morgan fingerprint density at radius 2 is 1.90 bits per heavy atom. The van der Waals surface area contributed by atoms with Crippen molar-refractivity contribution in [2.24, 2.45) is 0 Å². The lowest BCUT2D eigenvalue weighted by molar-refractivity contribution is -0.385. The quantitative estimate of drug-likeness (QED) is 0.450. The highest BCUT2D eigenvalue weighted by atomic mass is 35.5. The number of halogens is 1. The fourth-order valence-electron chi connectivity index (χ4n) is 1.95. The molecule has 0 aliphatic carbocycles. The van der Waals surface area contributed by atoms with Crippen LogP contribution in [0.5, 0.6) is 0 Å². The van der Waals surface area contributed by atoms with Gasteiger partial charge in [-0.15, -0.1) is 0 Å². The highest BCUT2D eigenvalue weighted by molar-refractivity contribution is 6.28. The van der Waals surface area contributed by atoms with Crippen LogP contribution >= 0.6 is 11.6 Å². The van der Waals surface area contributed by atoms with E-state index in [0.29, 0.717) is 13.1 Å². The molecule has 0 N–H and O–H groups in total. The molecule has 0 aliphatic rings. The smallest absolute Gasteiger partial charge is 0.332 e. The molecule has 1 aromatic rings. The second kappa shape index (κ2) is 7.16. The Balaban J connectivity index is 3.10. The van der Waals surface area contributed by atoms with Crippen molar-refractivity contribution in [1.82, 2.24) is 14.9 Å². The third kappa shape index (κ3) is 4.01. The van der Waals surface area contributed by atoms with E-state index in [-0.39, 0.29) is 34.9 Å². The first-order valence-corrected chi connectivity index (χ1v) is 6.87. The zero-order chi connectivity index (χ0) is 16.2. The number of hydrogen-bond donors (Lipinski definition) is 0. The van der Waals surface area contributed by atoms with Gasteiger partial charge in [-0.2, -0.15) is 4.98 Å². The monoisotopic (exact) mass is 315 g/mol. The van der Waals surface area contributed by atoms with Gasteiger partial charge in [0.15, 0.2) is 0 Å². The number of hydrogen-bond acceptors (Lipinski definition) is 6. The fraction of sp³-hybridized carbons (Fsp3) is 0.583. The van der Waals surface area contributed by atoms with Gasteiger partial charge in [0.05, 0.1) is 11.5 Å². The minimum absolute atomic E-state index is 0.0185. The van der Waals surface area contributed by atoms with Gasteiger partial charge in [0.2, 0.25) is 17.0 Å². The molecule has 1 heterocycles. The molecular formula is C12H18ClN5O3. The largest absolute Gasteiger partial charge is 0.344 e. The summed E-state index contributed by atoms with van der Waals surface area (Å²) in [4.78, 5) is 33.4.